The van der Waals surface area contributed by atoms with Crippen molar-refractivity contribution in [1.29, 1.82) is 0 Å². The molecule has 2 aliphatic heterocycles. The Morgan fingerprint density at radius 2 is 2.08 bits per heavy atom. The summed E-state index contributed by atoms with van der Waals surface area (Å²) in [5, 5.41) is 14.6. The van der Waals surface area contributed by atoms with Crippen molar-refractivity contribution < 1.29 is 9.53 Å². The van der Waals surface area contributed by atoms with Crippen LogP contribution in [0.5, 0.6) is 0 Å². The summed E-state index contributed by atoms with van der Waals surface area (Å²) in [6, 6.07) is 0.0894. The van der Waals surface area contributed by atoms with Gasteiger partial charge >= 0.3 is 0 Å². The first-order chi connectivity index (χ1) is 12.7. The van der Waals surface area contributed by atoms with E-state index in [4.69, 9.17) is 4.74 Å². The first kappa shape index (κ1) is 17.9. The van der Waals surface area contributed by atoms with Gasteiger partial charge in [0.1, 0.15) is 0 Å². The molecule has 2 saturated heterocycles. The summed E-state index contributed by atoms with van der Waals surface area (Å²) >= 11 is 0. The summed E-state index contributed by atoms with van der Waals surface area (Å²) < 4.78 is 7.84. The molecule has 3 aliphatic rings. The number of nitrogens with one attached hydrogen (secondary N) is 2. The lowest BCUT2D eigenvalue weighted by Crippen LogP contribution is -2.44. The maximum absolute atomic E-state index is 12.5. The van der Waals surface area contributed by atoms with Crippen LogP contribution in [-0.4, -0.2) is 76.8 Å². The highest BCUT2D eigenvalue weighted by atomic mass is 16.5. The average Bonchev–Trinajstić information content (AvgIpc) is 3.29. The Morgan fingerprint density at radius 3 is 2.88 bits per heavy atom. The van der Waals surface area contributed by atoms with Crippen molar-refractivity contribution in [2.75, 3.05) is 39.3 Å². The van der Waals surface area contributed by atoms with Gasteiger partial charge < -0.3 is 15.4 Å². The van der Waals surface area contributed by atoms with Gasteiger partial charge in [0.2, 0.25) is 0 Å². The minimum absolute atomic E-state index is 0.0110. The van der Waals surface area contributed by atoms with E-state index in [1.165, 1.54) is 19.3 Å². The summed E-state index contributed by atoms with van der Waals surface area (Å²) in [5.41, 5.74) is 0.409. The number of ether oxygens (including phenoxy) is 1. The summed E-state index contributed by atoms with van der Waals surface area (Å²) in [6.07, 6.45) is 8.71. The number of piperazine rings is 1. The third-order valence-electron chi connectivity index (χ3n) is 5.94. The van der Waals surface area contributed by atoms with Crippen molar-refractivity contribution in [2.24, 2.45) is 0 Å². The van der Waals surface area contributed by atoms with Crippen LogP contribution in [0, 0.1) is 0 Å². The third kappa shape index (κ3) is 4.24. The number of hydrogen-bond donors (Lipinski definition) is 2. The molecule has 0 bridgehead atoms. The molecule has 4 rings (SSSR count). The molecule has 0 unspecified atom stereocenters. The van der Waals surface area contributed by atoms with Gasteiger partial charge in [0.05, 0.1) is 31.0 Å². The van der Waals surface area contributed by atoms with Crippen LogP contribution in [0.15, 0.2) is 6.20 Å². The predicted octanol–water partition coefficient (Wildman–Crippen LogP) is 0.405. The molecular formula is C18H30N6O2. The van der Waals surface area contributed by atoms with E-state index in [1.54, 1.807) is 10.9 Å². The van der Waals surface area contributed by atoms with E-state index in [1.807, 2.05) is 0 Å². The molecule has 1 atom stereocenters. The molecule has 1 aromatic rings. The van der Waals surface area contributed by atoms with Gasteiger partial charge in [-0.3, -0.25) is 14.4 Å². The zero-order valence-corrected chi connectivity index (χ0v) is 15.5. The second-order valence-electron chi connectivity index (χ2n) is 7.89. The van der Waals surface area contributed by atoms with Crippen LogP contribution in [0.2, 0.25) is 0 Å². The van der Waals surface area contributed by atoms with Crippen molar-refractivity contribution in [3.8, 4) is 0 Å². The van der Waals surface area contributed by atoms with Crippen molar-refractivity contribution >= 4 is 5.91 Å². The largest absolute Gasteiger partial charge is 0.373 e. The third-order valence-corrected chi connectivity index (χ3v) is 5.94. The van der Waals surface area contributed by atoms with Crippen molar-refractivity contribution in [2.45, 2.75) is 56.7 Å². The first-order valence-electron chi connectivity index (χ1n) is 10.0. The van der Waals surface area contributed by atoms with Crippen LogP contribution in [0.3, 0.4) is 0 Å². The van der Waals surface area contributed by atoms with E-state index in [-0.39, 0.29) is 17.6 Å². The molecule has 1 aromatic heterocycles. The monoisotopic (exact) mass is 362 g/mol. The highest BCUT2D eigenvalue weighted by molar-refractivity contribution is 5.92. The van der Waals surface area contributed by atoms with Gasteiger partial charge in [-0.15, -0.1) is 5.10 Å². The van der Waals surface area contributed by atoms with E-state index in [9.17, 15) is 4.79 Å². The summed E-state index contributed by atoms with van der Waals surface area (Å²) in [4.78, 5) is 14.9. The SMILES string of the molecule is O=C(N[C@H]1COC2(CCCCC2)C1)c1cn(CCN2CCNCC2)nn1. The Bertz CT molecular complexity index is 607. The van der Waals surface area contributed by atoms with Gasteiger partial charge in [0.25, 0.3) is 5.91 Å². The van der Waals surface area contributed by atoms with E-state index in [0.29, 0.717) is 12.3 Å². The zero-order chi connectivity index (χ0) is 17.8. The Hall–Kier alpha value is -1.51. The van der Waals surface area contributed by atoms with E-state index >= 15 is 0 Å². The fourth-order valence-electron chi connectivity index (χ4n) is 4.43. The number of aromatic nitrogens is 3. The number of hydrogen-bond acceptors (Lipinski definition) is 6. The molecule has 3 fully saturated rings. The Labute approximate surface area is 154 Å². The number of rotatable bonds is 5. The molecule has 3 heterocycles. The lowest BCUT2D eigenvalue weighted by atomic mass is 9.82. The van der Waals surface area contributed by atoms with Crippen LogP contribution in [-0.2, 0) is 11.3 Å². The quantitative estimate of drug-likeness (QED) is 0.789. The lowest BCUT2D eigenvalue weighted by molar-refractivity contribution is -0.0246. The van der Waals surface area contributed by atoms with E-state index in [2.05, 4.69) is 25.8 Å². The summed E-state index contributed by atoms with van der Waals surface area (Å²) in [5.74, 6) is -0.139. The Morgan fingerprint density at radius 1 is 1.27 bits per heavy atom. The maximum atomic E-state index is 12.5. The average molecular weight is 362 g/mol. The fraction of sp³-hybridized carbons (Fsp3) is 0.833. The first-order valence-corrected chi connectivity index (χ1v) is 10.0. The molecule has 1 saturated carbocycles. The number of carbonyl (C=O) groups is 1. The molecular weight excluding hydrogens is 332 g/mol. The Kier molecular flexibility index (Phi) is 5.52. The predicted molar refractivity (Wildman–Crippen MR) is 97.0 cm³/mol. The second-order valence-corrected chi connectivity index (χ2v) is 7.89. The maximum Gasteiger partial charge on any atom is 0.273 e. The lowest BCUT2D eigenvalue weighted by Gasteiger charge is -2.32. The molecule has 26 heavy (non-hydrogen) atoms. The normalized spacial score (nSPS) is 26.2. The molecule has 8 heteroatoms. The van der Waals surface area contributed by atoms with E-state index in [0.717, 1.165) is 58.5 Å². The molecule has 0 aromatic carbocycles. The van der Waals surface area contributed by atoms with Gasteiger partial charge in [-0.25, -0.2) is 0 Å². The fourth-order valence-corrected chi connectivity index (χ4v) is 4.43. The van der Waals surface area contributed by atoms with Gasteiger partial charge in [-0.2, -0.15) is 0 Å². The van der Waals surface area contributed by atoms with Crippen LogP contribution in [0.1, 0.15) is 49.0 Å². The topological polar surface area (TPSA) is 84.3 Å². The van der Waals surface area contributed by atoms with Gasteiger partial charge in [-0.1, -0.05) is 24.5 Å². The van der Waals surface area contributed by atoms with Crippen LogP contribution in [0.25, 0.3) is 0 Å². The molecule has 1 aliphatic carbocycles. The molecule has 1 spiro atoms. The van der Waals surface area contributed by atoms with Gasteiger partial charge in [-0.05, 0) is 19.3 Å². The minimum Gasteiger partial charge on any atom is -0.373 e. The van der Waals surface area contributed by atoms with Gasteiger partial charge in [0.15, 0.2) is 5.69 Å². The number of nitrogens with zero attached hydrogens (tertiary/aromatic N) is 4. The molecule has 1 amide bonds. The van der Waals surface area contributed by atoms with Crippen LogP contribution >= 0.6 is 0 Å². The minimum atomic E-state index is -0.139. The zero-order valence-electron chi connectivity index (χ0n) is 15.5. The van der Waals surface area contributed by atoms with Crippen LogP contribution in [0.4, 0.5) is 0 Å². The molecule has 8 nitrogen and oxygen atoms in total. The Balaban J connectivity index is 1.25. The molecule has 2 N–H and O–H groups in total. The molecule has 0 radical (unpaired) electrons. The van der Waals surface area contributed by atoms with Crippen molar-refractivity contribution in [3.05, 3.63) is 11.9 Å². The van der Waals surface area contributed by atoms with Crippen LogP contribution < -0.4 is 10.6 Å². The van der Waals surface area contributed by atoms with Gasteiger partial charge in [0, 0.05) is 32.7 Å². The number of amides is 1. The highest BCUT2D eigenvalue weighted by Gasteiger charge is 2.41. The number of carbonyl (C=O) groups excluding carboxylic acids is 1. The standard InChI is InChI=1S/C18H30N6O2/c25-17(20-15-12-18(26-14-15)4-2-1-3-5-18)16-13-24(22-21-16)11-10-23-8-6-19-7-9-23/h13,15,19H,1-12,14H2,(H,20,25)/t15-/m1/s1. The molecule has 144 valence electrons. The summed E-state index contributed by atoms with van der Waals surface area (Å²) in [6.45, 7) is 6.51. The van der Waals surface area contributed by atoms with Crippen molar-refractivity contribution in [1.82, 2.24) is 30.5 Å². The highest BCUT2D eigenvalue weighted by Crippen LogP contribution is 2.39. The smallest absolute Gasteiger partial charge is 0.273 e. The van der Waals surface area contributed by atoms with E-state index < -0.39 is 0 Å². The van der Waals surface area contributed by atoms with Crippen molar-refractivity contribution in [3.63, 3.8) is 0 Å². The second kappa shape index (κ2) is 8.02. The summed E-state index contributed by atoms with van der Waals surface area (Å²) in [7, 11) is 0.